The highest BCUT2D eigenvalue weighted by Gasteiger charge is 2.28. The molecule has 1 amide bonds. The second-order valence-electron chi connectivity index (χ2n) is 6.72. The van der Waals surface area contributed by atoms with E-state index in [-0.39, 0.29) is 25.7 Å². The average Bonchev–Trinajstić information content (AvgIpc) is 3.09. The van der Waals surface area contributed by atoms with Crippen LogP contribution in [0.15, 0.2) is 67.0 Å². The molecule has 0 spiro atoms. The van der Waals surface area contributed by atoms with Crippen LogP contribution in [0.5, 0.6) is 0 Å². The van der Waals surface area contributed by atoms with Gasteiger partial charge in [0.1, 0.15) is 6.61 Å². The molecule has 0 atom stereocenters. The Bertz CT molecular complexity index is 1050. The molecule has 0 aliphatic heterocycles. The number of aliphatic hydroxyl groups is 1. The lowest BCUT2D eigenvalue weighted by Crippen LogP contribution is -2.26. The Labute approximate surface area is 169 Å². The molecular weight excluding hydrogens is 364 g/mol. The van der Waals surface area contributed by atoms with Crippen molar-refractivity contribution < 1.29 is 14.6 Å². The van der Waals surface area contributed by atoms with Crippen molar-refractivity contribution >= 4 is 6.09 Å². The number of aromatic nitrogens is 1. The summed E-state index contributed by atoms with van der Waals surface area (Å²) < 4.78 is 5.47. The van der Waals surface area contributed by atoms with Gasteiger partial charge < -0.3 is 15.2 Å². The minimum atomic E-state index is -0.497. The zero-order valence-electron chi connectivity index (χ0n) is 15.8. The van der Waals surface area contributed by atoms with Gasteiger partial charge in [-0.25, -0.2) is 4.79 Å². The molecule has 0 unspecified atom stereocenters. The van der Waals surface area contributed by atoms with Gasteiger partial charge in [-0.05, 0) is 33.9 Å². The summed E-state index contributed by atoms with van der Waals surface area (Å²) in [5, 5.41) is 11.8. The molecule has 0 saturated heterocycles. The fourth-order valence-corrected chi connectivity index (χ4v) is 3.55. The van der Waals surface area contributed by atoms with Crippen LogP contribution in [-0.4, -0.2) is 29.3 Å². The van der Waals surface area contributed by atoms with Crippen LogP contribution in [-0.2, 0) is 11.3 Å². The van der Waals surface area contributed by atoms with Crippen molar-refractivity contribution in [3.05, 3.63) is 89.2 Å². The molecular formula is C24H20N2O3. The van der Waals surface area contributed by atoms with Crippen LogP contribution >= 0.6 is 0 Å². The summed E-state index contributed by atoms with van der Waals surface area (Å²) in [6.45, 7) is 0.357. The molecule has 3 aromatic rings. The predicted molar refractivity (Wildman–Crippen MR) is 110 cm³/mol. The van der Waals surface area contributed by atoms with Gasteiger partial charge in [0, 0.05) is 23.9 Å². The van der Waals surface area contributed by atoms with Gasteiger partial charge in [0.25, 0.3) is 0 Å². The molecule has 4 rings (SSSR count). The SMILES string of the molecule is O=C(NCC#Cc1cncc(CO)c1)OCC1c2ccccc2-c2ccccc21. The highest BCUT2D eigenvalue weighted by molar-refractivity contribution is 5.79. The lowest BCUT2D eigenvalue weighted by atomic mass is 9.98. The van der Waals surface area contributed by atoms with E-state index >= 15 is 0 Å². The zero-order valence-corrected chi connectivity index (χ0v) is 15.8. The molecule has 1 heterocycles. The van der Waals surface area contributed by atoms with Crippen LogP contribution in [0.4, 0.5) is 4.79 Å². The summed E-state index contributed by atoms with van der Waals surface area (Å²) in [4.78, 5) is 16.1. The fraction of sp³-hybridized carbons (Fsp3) is 0.167. The molecule has 5 heteroatoms. The van der Waals surface area contributed by atoms with Crippen molar-refractivity contribution in [1.82, 2.24) is 10.3 Å². The summed E-state index contributed by atoms with van der Waals surface area (Å²) in [5.41, 5.74) is 6.13. The number of nitrogens with one attached hydrogen (secondary N) is 1. The normalized spacial score (nSPS) is 11.8. The van der Waals surface area contributed by atoms with Crippen molar-refractivity contribution in [2.75, 3.05) is 13.2 Å². The van der Waals surface area contributed by atoms with E-state index in [2.05, 4.69) is 46.4 Å². The summed E-state index contributed by atoms with van der Waals surface area (Å²) in [7, 11) is 0. The number of alkyl carbamates (subject to hydrolysis) is 1. The third kappa shape index (κ3) is 4.13. The first-order valence-electron chi connectivity index (χ1n) is 9.39. The summed E-state index contributed by atoms with van der Waals surface area (Å²) in [5.74, 6) is 5.80. The molecule has 0 radical (unpaired) electrons. The summed E-state index contributed by atoms with van der Waals surface area (Å²) >= 11 is 0. The Hall–Kier alpha value is -3.62. The first-order valence-corrected chi connectivity index (χ1v) is 9.39. The number of ether oxygens (including phenoxy) is 1. The van der Waals surface area contributed by atoms with Gasteiger partial charge in [0.05, 0.1) is 13.2 Å². The van der Waals surface area contributed by atoms with Crippen LogP contribution < -0.4 is 5.32 Å². The molecule has 0 fully saturated rings. The van der Waals surface area contributed by atoms with Crippen LogP contribution in [0, 0.1) is 11.8 Å². The maximum absolute atomic E-state index is 12.1. The second-order valence-corrected chi connectivity index (χ2v) is 6.72. The first-order chi connectivity index (χ1) is 14.3. The summed E-state index contributed by atoms with van der Waals surface area (Å²) in [6, 6.07) is 18.2. The third-order valence-electron chi connectivity index (χ3n) is 4.87. The van der Waals surface area contributed by atoms with Crippen molar-refractivity contribution in [3.8, 4) is 23.0 Å². The number of hydrogen-bond donors (Lipinski definition) is 2. The molecule has 29 heavy (non-hydrogen) atoms. The highest BCUT2D eigenvalue weighted by Crippen LogP contribution is 2.44. The van der Waals surface area contributed by atoms with Gasteiger partial charge in [-0.15, -0.1) is 0 Å². The number of nitrogens with zero attached hydrogens (tertiary/aromatic N) is 1. The second kappa shape index (κ2) is 8.59. The maximum Gasteiger partial charge on any atom is 0.407 e. The molecule has 2 aromatic carbocycles. The van der Waals surface area contributed by atoms with Crippen molar-refractivity contribution in [1.29, 1.82) is 0 Å². The van der Waals surface area contributed by atoms with Crippen LogP contribution in [0.2, 0.25) is 0 Å². The number of fused-ring (bicyclic) bond motifs is 3. The standard InChI is InChI=1S/C24H20N2O3/c27-15-18-12-17(13-25-14-18)6-5-11-26-24(28)29-16-23-21-9-3-1-7-19(21)20-8-2-4-10-22(20)23/h1-4,7-10,12-14,23,27H,11,15-16H2,(H,26,28). The lowest BCUT2D eigenvalue weighted by molar-refractivity contribution is 0.144. The van der Waals surface area contributed by atoms with Crippen LogP contribution in [0.25, 0.3) is 11.1 Å². The van der Waals surface area contributed by atoms with Gasteiger partial charge in [-0.3, -0.25) is 4.98 Å². The lowest BCUT2D eigenvalue weighted by Gasteiger charge is -2.14. The monoisotopic (exact) mass is 384 g/mol. The minimum absolute atomic E-state index is 0.0338. The van der Waals surface area contributed by atoms with Crippen molar-refractivity contribution in [2.45, 2.75) is 12.5 Å². The number of rotatable bonds is 4. The Balaban J connectivity index is 1.34. The van der Waals surface area contributed by atoms with E-state index in [1.807, 2.05) is 24.3 Å². The first kappa shape index (κ1) is 18.7. The van der Waals surface area contributed by atoms with Crippen LogP contribution in [0.3, 0.4) is 0 Å². The van der Waals surface area contributed by atoms with Gasteiger partial charge in [0.2, 0.25) is 0 Å². The number of carbonyl (C=O) groups excluding carboxylic acids is 1. The van der Waals surface area contributed by atoms with E-state index < -0.39 is 6.09 Å². The quantitative estimate of drug-likeness (QED) is 0.676. The molecule has 0 bridgehead atoms. The number of hydrogen-bond acceptors (Lipinski definition) is 4. The topological polar surface area (TPSA) is 71.5 Å². The van der Waals surface area contributed by atoms with E-state index in [1.54, 1.807) is 18.5 Å². The number of aliphatic hydroxyl groups excluding tert-OH is 1. The van der Waals surface area contributed by atoms with E-state index in [0.29, 0.717) is 11.1 Å². The molecule has 1 aromatic heterocycles. The van der Waals surface area contributed by atoms with E-state index in [9.17, 15) is 4.79 Å². The maximum atomic E-state index is 12.1. The average molecular weight is 384 g/mol. The van der Waals surface area contributed by atoms with Gasteiger partial charge in [-0.1, -0.05) is 60.4 Å². The smallest absolute Gasteiger partial charge is 0.407 e. The highest BCUT2D eigenvalue weighted by atomic mass is 16.5. The van der Waals surface area contributed by atoms with E-state index in [0.717, 1.165) is 0 Å². The molecule has 2 N–H and O–H groups in total. The Morgan fingerprint density at radius 3 is 2.45 bits per heavy atom. The number of pyridine rings is 1. The number of benzene rings is 2. The molecule has 5 nitrogen and oxygen atoms in total. The van der Waals surface area contributed by atoms with Gasteiger partial charge >= 0.3 is 6.09 Å². The molecule has 144 valence electrons. The van der Waals surface area contributed by atoms with Gasteiger partial charge in [0.15, 0.2) is 0 Å². The van der Waals surface area contributed by atoms with Gasteiger partial charge in [-0.2, -0.15) is 0 Å². The minimum Gasteiger partial charge on any atom is -0.449 e. The Morgan fingerprint density at radius 1 is 1.07 bits per heavy atom. The third-order valence-corrected chi connectivity index (χ3v) is 4.87. The summed E-state index contributed by atoms with van der Waals surface area (Å²) in [6.07, 6.45) is 2.70. The van der Waals surface area contributed by atoms with E-state index in [1.165, 1.54) is 22.3 Å². The van der Waals surface area contributed by atoms with Crippen LogP contribution in [0.1, 0.15) is 28.2 Å². The zero-order chi connectivity index (χ0) is 20.1. The number of amides is 1. The number of carbonyl (C=O) groups is 1. The van der Waals surface area contributed by atoms with Crippen molar-refractivity contribution in [2.24, 2.45) is 0 Å². The molecule has 1 aliphatic carbocycles. The van der Waals surface area contributed by atoms with Crippen molar-refractivity contribution in [3.63, 3.8) is 0 Å². The Kier molecular flexibility index (Phi) is 5.55. The predicted octanol–water partition coefficient (Wildman–Crippen LogP) is 3.46. The Morgan fingerprint density at radius 2 is 1.76 bits per heavy atom. The van der Waals surface area contributed by atoms with E-state index in [4.69, 9.17) is 9.84 Å². The largest absolute Gasteiger partial charge is 0.449 e. The molecule has 1 aliphatic rings. The fourth-order valence-electron chi connectivity index (χ4n) is 3.55. The molecule has 0 saturated carbocycles.